The topological polar surface area (TPSA) is 107 Å². The van der Waals surface area contributed by atoms with Gasteiger partial charge in [0.25, 0.3) is 11.9 Å². The molecule has 1 heterocycles. The third-order valence-corrected chi connectivity index (χ3v) is 1.59. The lowest BCUT2D eigenvalue weighted by molar-refractivity contribution is 0.187. The minimum Gasteiger partial charge on any atom is -0.368 e. The normalized spacial score (nSPS) is 10.2. The average molecular weight is 242 g/mol. The first-order chi connectivity index (χ1) is 8.26. The van der Waals surface area contributed by atoms with Crippen LogP contribution < -0.4 is 16.7 Å². The van der Waals surface area contributed by atoms with Gasteiger partial charge in [-0.3, -0.25) is 9.68 Å². The van der Waals surface area contributed by atoms with Crippen molar-refractivity contribution in [2.75, 3.05) is 29.9 Å². The van der Waals surface area contributed by atoms with Crippen molar-refractivity contribution in [1.82, 2.24) is 15.0 Å². The minimum atomic E-state index is 0.0881. The molecule has 0 aromatic carbocycles. The fraction of sp³-hybridized carbons (Fsp3) is 0.667. The maximum absolute atomic E-state index is 5.51. The second-order valence-electron chi connectivity index (χ2n) is 3.24. The number of hydrogen-bond donors (Lipinski definition) is 3. The summed E-state index contributed by atoms with van der Waals surface area (Å²) in [5.74, 6) is 0.576. The molecular weight excluding hydrogens is 224 g/mol. The van der Waals surface area contributed by atoms with Crippen molar-refractivity contribution in [2.45, 2.75) is 26.7 Å². The van der Waals surface area contributed by atoms with E-state index < -0.39 is 0 Å². The maximum Gasteiger partial charge on any atom is 0.253 e. The van der Waals surface area contributed by atoms with Gasteiger partial charge in [0.1, 0.15) is 0 Å². The molecule has 96 valence electrons. The highest BCUT2D eigenvalue weighted by molar-refractivity contribution is 5.37. The Kier molecular flexibility index (Phi) is 5.97. The molecule has 0 aliphatic rings. The van der Waals surface area contributed by atoms with Gasteiger partial charge in [0.05, 0.1) is 13.2 Å². The van der Waals surface area contributed by atoms with E-state index in [1.54, 1.807) is 0 Å². The van der Waals surface area contributed by atoms with Crippen molar-refractivity contribution in [1.29, 1.82) is 0 Å². The monoisotopic (exact) mass is 242 g/mol. The van der Waals surface area contributed by atoms with Crippen LogP contribution in [0.4, 0.5) is 17.8 Å². The van der Waals surface area contributed by atoms with Gasteiger partial charge < -0.3 is 5.73 Å². The smallest absolute Gasteiger partial charge is 0.253 e. The van der Waals surface area contributed by atoms with Crippen molar-refractivity contribution in [3.8, 4) is 0 Å². The first-order valence-corrected chi connectivity index (χ1v) is 5.53. The number of aromatic nitrogens is 3. The van der Waals surface area contributed by atoms with Gasteiger partial charge in [0.15, 0.2) is 0 Å². The maximum atomic E-state index is 5.51. The van der Waals surface area contributed by atoms with Crippen LogP contribution in [0.15, 0.2) is 0 Å². The van der Waals surface area contributed by atoms with E-state index in [4.69, 9.17) is 15.4 Å². The molecule has 1 aromatic rings. The van der Waals surface area contributed by atoms with Crippen LogP contribution in [0.2, 0.25) is 0 Å². The number of anilines is 3. The number of hydrogen-bond acceptors (Lipinski definition) is 8. The van der Waals surface area contributed by atoms with Crippen molar-refractivity contribution in [2.24, 2.45) is 0 Å². The molecule has 0 spiro atoms. The summed E-state index contributed by atoms with van der Waals surface area (Å²) in [6.07, 6.45) is 1.77. The third-order valence-electron chi connectivity index (χ3n) is 1.59. The lowest BCUT2D eigenvalue weighted by Crippen LogP contribution is -2.12. The number of rotatable bonds is 8. The van der Waals surface area contributed by atoms with E-state index in [-0.39, 0.29) is 17.8 Å². The van der Waals surface area contributed by atoms with Gasteiger partial charge in [-0.1, -0.05) is 13.8 Å². The molecule has 0 atom stereocenters. The number of nitrogen functional groups attached to an aromatic ring is 1. The van der Waals surface area contributed by atoms with E-state index in [9.17, 15) is 0 Å². The molecule has 1 rings (SSSR count). The van der Waals surface area contributed by atoms with E-state index in [0.29, 0.717) is 13.2 Å². The Morgan fingerprint density at radius 1 is 0.941 bits per heavy atom. The molecule has 0 aliphatic heterocycles. The zero-order chi connectivity index (χ0) is 12.5. The van der Waals surface area contributed by atoms with Gasteiger partial charge in [-0.05, 0) is 12.8 Å². The first-order valence-electron chi connectivity index (χ1n) is 5.53. The molecule has 8 nitrogen and oxygen atoms in total. The zero-order valence-electron chi connectivity index (χ0n) is 10.1. The second kappa shape index (κ2) is 7.58. The second-order valence-corrected chi connectivity index (χ2v) is 3.24. The minimum absolute atomic E-state index is 0.0881. The van der Waals surface area contributed by atoms with E-state index in [0.717, 1.165) is 12.8 Å². The van der Waals surface area contributed by atoms with Crippen molar-refractivity contribution in [3.05, 3.63) is 0 Å². The molecule has 1 aromatic heterocycles. The summed E-state index contributed by atoms with van der Waals surface area (Å²) in [6, 6.07) is 0. The van der Waals surface area contributed by atoms with Gasteiger partial charge in [-0.25, -0.2) is 11.0 Å². The van der Waals surface area contributed by atoms with Crippen molar-refractivity contribution in [3.63, 3.8) is 0 Å². The summed E-state index contributed by atoms with van der Waals surface area (Å²) in [5, 5.41) is 0. The standard InChI is InChI=1S/C9H18N6O2/c1-3-5-16-14-8-11-7(10)12-9(13-8)15-17-6-4-2/h3-6H2,1-2H3,(H4,10,11,12,13,14,15). The number of nitrogens with zero attached hydrogens (tertiary/aromatic N) is 3. The van der Waals surface area contributed by atoms with Crippen LogP contribution in [0, 0.1) is 0 Å². The predicted molar refractivity (Wildman–Crippen MR) is 64.0 cm³/mol. The van der Waals surface area contributed by atoms with Crippen LogP contribution >= 0.6 is 0 Å². The molecule has 0 radical (unpaired) electrons. The molecule has 8 heteroatoms. The van der Waals surface area contributed by atoms with Crippen LogP contribution in [-0.2, 0) is 9.68 Å². The van der Waals surface area contributed by atoms with Gasteiger partial charge in [-0.15, -0.1) is 0 Å². The number of nitrogens with two attached hydrogens (primary N) is 1. The van der Waals surface area contributed by atoms with Gasteiger partial charge in [0.2, 0.25) is 5.95 Å². The fourth-order valence-corrected chi connectivity index (χ4v) is 0.919. The molecule has 0 saturated carbocycles. The highest BCUT2D eigenvalue weighted by atomic mass is 16.6. The number of nitrogens with one attached hydrogen (secondary N) is 2. The fourth-order valence-electron chi connectivity index (χ4n) is 0.919. The summed E-state index contributed by atoms with van der Waals surface area (Å²) in [5.41, 5.74) is 10.7. The molecule has 4 N–H and O–H groups in total. The van der Waals surface area contributed by atoms with Crippen LogP contribution in [0.5, 0.6) is 0 Å². The highest BCUT2D eigenvalue weighted by Gasteiger charge is 2.03. The summed E-state index contributed by atoms with van der Waals surface area (Å²) >= 11 is 0. The van der Waals surface area contributed by atoms with Gasteiger partial charge >= 0.3 is 0 Å². The van der Waals surface area contributed by atoms with Gasteiger partial charge in [-0.2, -0.15) is 15.0 Å². The van der Waals surface area contributed by atoms with E-state index in [2.05, 4.69) is 25.9 Å². The molecule has 0 bridgehead atoms. The van der Waals surface area contributed by atoms with Crippen LogP contribution in [0.1, 0.15) is 26.7 Å². The quantitative estimate of drug-likeness (QED) is 0.457. The molecule has 0 saturated heterocycles. The Bertz CT molecular complexity index is 307. The Morgan fingerprint density at radius 3 is 1.82 bits per heavy atom. The summed E-state index contributed by atoms with van der Waals surface area (Å²) < 4.78 is 0. The summed E-state index contributed by atoms with van der Waals surface area (Å²) in [6.45, 7) is 5.10. The van der Waals surface area contributed by atoms with Crippen LogP contribution in [0.3, 0.4) is 0 Å². The summed E-state index contributed by atoms with van der Waals surface area (Å²) in [7, 11) is 0. The molecule has 0 aliphatic carbocycles. The van der Waals surface area contributed by atoms with E-state index in [1.165, 1.54) is 0 Å². The molecule has 0 unspecified atom stereocenters. The lowest BCUT2D eigenvalue weighted by atomic mass is 10.5. The molecule has 0 amide bonds. The van der Waals surface area contributed by atoms with E-state index >= 15 is 0 Å². The Balaban J connectivity index is 2.53. The molecular formula is C9H18N6O2. The average Bonchev–Trinajstić information content (AvgIpc) is 2.29. The molecule has 0 fully saturated rings. The zero-order valence-corrected chi connectivity index (χ0v) is 10.1. The Morgan fingerprint density at radius 2 is 1.41 bits per heavy atom. The van der Waals surface area contributed by atoms with Crippen LogP contribution in [-0.4, -0.2) is 28.2 Å². The molecule has 17 heavy (non-hydrogen) atoms. The largest absolute Gasteiger partial charge is 0.368 e. The third kappa shape index (κ3) is 5.27. The SMILES string of the molecule is CCCONc1nc(N)nc(NOCCC)n1. The lowest BCUT2D eigenvalue weighted by Gasteiger charge is -2.07. The predicted octanol–water partition coefficient (Wildman–Crippen LogP) is 0.961. The van der Waals surface area contributed by atoms with Crippen molar-refractivity contribution < 1.29 is 9.68 Å². The highest BCUT2D eigenvalue weighted by Crippen LogP contribution is 2.06. The first kappa shape index (κ1) is 13.4. The Labute approximate surface area is 99.9 Å². The van der Waals surface area contributed by atoms with E-state index in [1.807, 2.05) is 13.8 Å². The Hall–Kier alpha value is -1.67. The summed E-state index contributed by atoms with van der Waals surface area (Å²) in [4.78, 5) is 21.9. The van der Waals surface area contributed by atoms with Crippen molar-refractivity contribution >= 4 is 17.8 Å². The van der Waals surface area contributed by atoms with Crippen LogP contribution in [0.25, 0.3) is 0 Å². The van der Waals surface area contributed by atoms with Gasteiger partial charge in [0, 0.05) is 0 Å².